The van der Waals surface area contributed by atoms with E-state index in [1.54, 1.807) is 10.4 Å². The summed E-state index contributed by atoms with van der Waals surface area (Å²) in [6, 6.07) is 19.4. The molecule has 0 saturated heterocycles. The van der Waals surface area contributed by atoms with Gasteiger partial charge in [-0.05, 0) is 48.4 Å². The first-order chi connectivity index (χ1) is 14.6. The number of aryl methyl sites for hydroxylation is 1. The highest BCUT2D eigenvalue weighted by Gasteiger charge is 2.23. The number of nitrogens with zero attached hydrogens (tertiary/aromatic N) is 3. The van der Waals surface area contributed by atoms with Crippen molar-refractivity contribution in [2.75, 3.05) is 4.90 Å². The molecule has 3 aromatic carbocycles. The fourth-order valence-corrected chi connectivity index (χ4v) is 5.23. The lowest BCUT2D eigenvalue weighted by Gasteiger charge is -2.20. The van der Waals surface area contributed by atoms with Gasteiger partial charge in [-0.3, -0.25) is 9.69 Å². The summed E-state index contributed by atoms with van der Waals surface area (Å²) in [5.74, 6) is -0.0861. The van der Waals surface area contributed by atoms with Gasteiger partial charge in [-0.15, -0.1) is 11.3 Å². The minimum atomic E-state index is -0.0861. The molecule has 0 aliphatic heterocycles. The second kappa shape index (κ2) is 7.80. The van der Waals surface area contributed by atoms with Crippen LogP contribution in [0.2, 0.25) is 5.02 Å². The smallest absolute Gasteiger partial charge is 0.260 e. The summed E-state index contributed by atoms with van der Waals surface area (Å²) in [6.45, 7) is 2.39. The lowest BCUT2D eigenvalue weighted by atomic mass is 10.1. The van der Waals surface area contributed by atoms with E-state index < -0.39 is 0 Å². The van der Waals surface area contributed by atoms with E-state index in [1.165, 1.54) is 22.7 Å². The first-order valence-electron chi connectivity index (χ1n) is 9.35. The van der Waals surface area contributed by atoms with Crippen molar-refractivity contribution in [2.45, 2.75) is 13.5 Å². The van der Waals surface area contributed by atoms with Gasteiger partial charge < -0.3 is 0 Å². The van der Waals surface area contributed by atoms with Crippen LogP contribution in [-0.2, 0) is 6.54 Å². The highest BCUT2D eigenvalue weighted by molar-refractivity contribution is 7.22. The van der Waals surface area contributed by atoms with Crippen molar-refractivity contribution in [1.29, 1.82) is 0 Å². The lowest BCUT2D eigenvalue weighted by Crippen LogP contribution is -2.30. The van der Waals surface area contributed by atoms with Crippen molar-refractivity contribution in [3.8, 4) is 0 Å². The van der Waals surface area contributed by atoms with Crippen molar-refractivity contribution in [3.05, 3.63) is 87.9 Å². The molecule has 0 atom stereocenters. The Hall–Kier alpha value is -2.80. The van der Waals surface area contributed by atoms with E-state index in [0.29, 0.717) is 22.3 Å². The Labute approximate surface area is 186 Å². The summed E-state index contributed by atoms with van der Waals surface area (Å²) in [7, 11) is 0. The molecule has 5 rings (SSSR count). The highest BCUT2D eigenvalue weighted by Crippen LogP contribution is 2.35. The Morgan fingerprint density at radius 1 is 1.07 bits per heavy atom. The summed E-state index contributed by atoms with van der Waals surface area (Å²) >= 11 is 9.32. The molecule has 0 aliphatic rings. The van der Waals surface area contributed by atoms with Crippen molar-refractivity contribution < 1.29 is 4.79 Å². The zero-order chi connectivity index (χ0) is 20.7. The quantitative estimate of drug-likeness (QED) is 0.306. The number of amides is 1. The maximum absolute atomic E-state index is 13.6. The summed E-state index contributed by atoms with van der Waals surface area (Å²) in [4.78, 5) is 24.4. The molecular formula is C23H16ClN3OS2. The molecule has 0 fully saturated rings. The van der Waals surface area contributed by atoms with Crippen LogP contribution in [0.1, 0.15) is 21.5 Å². The first kappa shape index (κ1) is 19.2. The minimum absolute atomic E-state index is 0.0861. The Bertz CT molecular complexity index is 1380. The van der Waals surface area contributed by atoms with Crippen molar-refractivity contribution >= 4 is 65.7 Å². The summed E-state index contributed by atoms with van der Waals surface area (Å²) < 4.78 is 2.00. The van der Waals surface area contributed by atoms with Crippen molar-refractivity contribution in [3.63, 3.8) is 0 Å². The third-order valence-electron chi connectivity index (χ3n) is 4.97. The molecule has 2 heterocycles. The van der Waals surface area contributed by atoms with Crippen LogP contribution in [0, 0.1) is 6.92 Å². The van der Waals surface area contributed by atoms with Crippen LogP contribution in [0.3, 0.4) is 0 Å². The second-order valence-corrected chi connectivity index (χ2v) is 9.23. The maximum Gasteiger partial charge on any atom is 0.260 e. The lowest BCUT2D eigenvalue weighted by molar-refractivity contribution is 0.0985. The third kappa shape index (κ3) is 3.47. The molecule has 0 aliphatic carbocycles. The first-order valence-corrected chi connectivity index (χ1v) is 11.4. The maximum atomic E-state index is 13.6. The third-order valence-corrected chi connectivity index (χ3v) is 7.22. The Morgan fingerprint density at radius 3 is 2.73 bits per heavy atom. The SMILES string of the molecule is Cc1c(Cl)ccc2sc(N(Cc3ccccc3)C(=O)c3ccc4ncsc4c3)nc12. The van der Waals surface area contributed by atoms with Gasteiger partial charge in [0.05, 0.1) is 32.5 Å². The minimum Gasteiger partial charge on any atom is -0.279 e. The van der Waals surface area contributed by atoms with Gasteiger partial charge in [-0.1, -0.05) is 53.3 Å². The van der Waals surface area contributed by atoms with Crippen LogP contribution in [-0.4, -0.2) is 15.9 Å². The molecule has 0 bridgehead atoms. The number of aromatic nitrogens is 2. The molecule has 0 radical (unpaired) electrons. The van der Waals surface area contributed by atoms with Gasteiger partial charge in [-0.25, -0.2) is 9.97 Å². The molecule has 7 heteroatoms. The average molecular weight is 450 g/mol. The number of benzene rings is 3. The van der Waals surface area contributed by atoms with Crippen molar-refractivity contribution in [2.24, 2.45) is 0 Å². The summed E-state index contributed by atoms with van der Waals surface area (Å²) in [5.41, 5.74) is 6.12. The van der Waals surface area contributed by atoms with Gasteiger partial charge in [0, 0.05) is 10.6 Å². The molecule has 5 aromatic rings. The molecule has 148 valence electrons. The topological polar surface area (TPSA) is 46.1 Å². The van der Waals surface area contributed by atoms with Crippen LogP contribution in [0.15, 0.2) is 66.2 Å². The molecular weight excluding hydrogens is 434 g/mol. The zero-order valence-corrected chi connectivity index (χ0v) is 18.4. The number of anilines is 1. The number of halogens is 1. The fourth-order valence-electron chi connectivity index (χ4n) is 3.34. The van der Waals surface area contributed by atoms with Gasteiger partial charge in [0.15, 0.2) is 5.13 Å². The van der Waals surface area contributed by atoms with E-state index in [0.717, 1.165) is 31.6 Å². The molecule has 0 unspecified atom stereocenters. The Morgan fingerprint density at radius 2 is 1.90 bits per heavy atom. The van der Waals surface area contributed by atoms with Gasteiger partial charge in [0.2, 0.25) is 0 Å². The van der Waals surface area contributed by atoms with Gasteiger partial charge in [0.1, 0.15) is 0 Å². The number of hydrogen-bond acceptors (Lipinski definition) is 5. The largest absolute Gasteiger partial charge is 0.279 e. The number of hydrogen-bond donors (Lipinski definition) is 0. The fraction of sp³-hybridized carbons (Fsp3) is 0.0870. The standard InChI is InChI=1S/C23H16ClN3OS2/c1-14-17(24)8-10-19-21(14)26-23(30-19)27(12-15-5-3-2-4-6-15)22(28)16-7-9-18-20(11-16)29-13-25-18/h2-11,13H,12H2,1H3. The number of fused-ring (bicyclic) bond motifs is 2. The van der Waals surface area contributed by atoms with E-state index in [1.807, 2.05) is 67.6 Å². The van der Waals surface area contributed by atoms with E-state index in [9.17, 15) is 4.79 Å². The van der Waals surface area contributed by atoms with E-state index in [4.69, 9.17) is 16.6 Å². The molecule has 0 saturated carbocycles. The van der Waals surface area contributed by atoms with E-state index in [2.05, 4.69) is 4.98 Å². The predicted octanol–water partition coefficient (Wildman–Crippen LogP) is 6.71. The molecule has 30 heavy (non-hydrogen) atoms. The number of carbonyl (C=O) groups excluding carboxylic acids is 1. The van der Waals surface area contributed by atoms with Crippen LogP contribution in [0.4, 0.5) is 5.13 Å². The monoisotopic (exact) mass is 449 g/mol. The van der Waals surface area contributed by atoms with E-state index >= 15 is 0 Å². The van der Waals surface area contributed by atoms with Gasteiger partial charge in [0.25, 0.3) is 5.91 Å². The molecule has 0 spiro atoms. The molecule has 4 nitrogen and oxygen atoms in total. The van der Waals surface area contributed by atoms with Crippen LogP contribution < -0.4 is 4.90 Å². The van der Waals surface area contributed by atoms with Crippen LogP contribution in [0.5, 0.6) is 0 Å². The highest BCUT2D eigenvalue weighted by atomic mass is 35.5. The Kier molecular flexibility index (Phi) is 4.98. The number of carbonyl (C=O) groups is 1. The van der Waals surface area contributed by atoms with Gasteiger partial charge >= 0.3 is 0 Å². The van der Waals surface area contributed by atoms with E-state index in [-0.39, 0.29) is 5.91 Å². The summed E-state index contributed by atoms with van der Waals surface area (Å²) in [6.07, 6.45) is 0. The Balaban J connectivity index is 1.61. The normalized spacial score (nSPS) is 11.3. The average Bonchev–Trinajstić information content (AvgIpc) is 3.41. The van der Waals surface area contributed by atoms with Crippen LogP contribution in [0.25, 0.3) is 20.4 Å². The molecule has 1 amide bonds. The summed E-state index contributed by atoms with van der Waals surface area (Å²) in [5, 5.41) is 1.34. The molecule has 2 aromatic heterocycles. The number of rotatable bonds is 4. The molecule has 0 N–H and O–H groups in total. The zero-order valence-electron chi connectivity index (χ0n) is 16.0. The van der Waals surface area contributed by atoms with Crippen molar-refractivity contribution in [1.82, 2.24) is 9.97 Å². The number of thiazole rings is 2. The predicted molar refractivity (Wildman–Crippen MR) is 126 cm³/mol. The van der Waals surface area contributed by atoms with Gasteiger partial charge in [-0.2, -0.15) is 0 Å². The van der Waals surface area contributed by atoms with Crippen LogP contribution >= 0.6 is 34.3 Å². The second-order valence-electron chi connectivity index (χ2n) is 6.93.